The minimum absolute atomic E-state index is 0.00609. The van der Waals surface area contributed by atoms with Crippen molar-refractivity contribution >= 4 is 41.7 Å². The number of nitrogens with two attached hydrogens (primary N) is 3. The molecule has 1 aliphatic rings. The zero-order valence-electron chi connectivity index (χ0n) is 21.1. The summed E-state index contributed by atoms with van der Waals surface area (Å²) < 4.78 is 5.34. The van der Waals surface area contributed by atoms with Crippen LogP contribution in [0, 0.1) is 0 Å². The molecule has 0 fully saturated rings. The highest BCUT2D eigenvalue weighted by Crippen LogP contribution is 2.45. The van der Waals surface area contributed by atoms with E-state index in [9.17, 15) is 4.79 Å². The number of ether oxygens (including phenoxy) is 1. The summed E-state index contributed by atoms with van der Waals surface area (Å²) >= 11 is 5.84. The smallest absolute Gasteiger partial charge is 0.248 e. The number of hydrogen-bond donors (Lipinski definition) is 4. The van der Waals surface area contributed by atoms with Crippen molar-refractivity contribution < 1.29 is 9.53 Å². The molecule has 2 unspecified atom stereocenters. The molecule has 1 aliphatic heterocycles. The summed E-state index contributed by atoms with van der Waals surface area (Å²) in [5.74, 6) is 0.458. The van der Waals surface area contributed by atoms with E-state index < -0.39 is 5.91 Å². The number of methoxy groups -OCH3 is 1. The number of amides is 1. The van der Waals surface area contributed by atoms with E-state index in [0.29, 0.717) is 5.56 Å². The highest BCUT2D eigenvalue weighted by atomic mass is 32.2. The number of nitrogens with zero attached hydrogens (tertiary/aromatic N) is 1. The van der Waals surface area contributed by atoms with E-state index in [4.69, 9.17) is 21.9 Å². The molecule has 0 spiro atoms. The molecule has 36 heavy (non-hydrogen) atoms. The SMILES string of the molecule is COc1ccc2c(c1)SC(C(N)Cc1cccc(C(N)=C(C)C)c1)N2C.NC(=O)c1cccc(S)c1. The van der Waals surface area contributed by atoms with Crippen LogP contribution in [0.4, 0.5) is 5.69 Å². The molecule has 4 rings (SSSR count). The first-order valence-electron chi connectivity index (χ1n) is 11.5. The highest BCUT2D eigenvalue weighted by molar-refractivity contribution is 8.00. The quantitative estimate of drug-likeness (QED) is 0.343. The molecule has 0 saturated heterocycles. The summed E-state index contributed by atoms with van der Waals surface area (Å²) in [7, 11) is 3.80. The number of fused-ring (bicyclic) bond motifs is 1. The molecule has 0 radical (unpaired) electrons. The lowest BCUT2D eigenvalue weighted by molar-refractivity contribution is 0.1000. The van der Waals surface area contributed by atoms with Gasteiger partial charge in [-0.3, -0.25) is 4.79 Å². The van der Waals surface area contributed by atoms with Crippen LogP contribution in [0.5, 0.6) is 5.75 Å². The Balaban J connectivity index is 0.000000303. The zero-order chi connectivity index (χ0) is 26.4. The van der Waals surface area contributed by atoms with E-state index in [1.807, 2.05) is 19.9 Å². The van der Waals surface area contributed by atoms with Crippen molar-refractivity contribution in [3.8, 4) is 5.75 Å². The maximum atomic E-state index is 10.5. The van der Waals surface area contributed by atoms with Gasteiger partial charge < -0.3 is 26.8 Å². The predicted octanol–water partition coefficient (Wildman–Crippen LogP) is 4.92. The average Bonchev–Trinajstić information content (AvgIpc) is 3.19. The number of thiol groups is 1. The number of likely N-dealkylation sites (N-methyl/N-ethyl adjacent to an activating group) is 1. The van der Waals surface area contributed by atoms with Crippen LogP contribution in [0.3, 0.4) is 0 Å². The van der Waals surface area contributed by atoms with Crippen molar-refractivity contribution in [3.63, 3.8) is 0 Å². The Morgan fingerprint density at radius 2 is 1.75 bits per heavy atom. The number of hydrogen-bond acceptors (Lipinski definition) is 7. The monoisotopic (exact) mass is 522 g/mol. The topological polar surface area (TPSA) is 108 Å². The molecule has 6 N–H and O–H groups in total. The van der Waals surface area contributed by atoms with Crippen LogP contribution >= 0.6 is 24.4 Å². The van der Waals surface area contributed by atoms with Gasteiger partial charge in [0, 0.05) is 34.1 Å². The number of benzene rings is 3. The second kappa shape index (κ2) is 12.3. The van der Waals surface area contributed by atoms with Crippen molar-refractivity contribution in [1.82, 2.24) is 0 Å². The molecule has 190 valence electrons. The van der Waals surface area contributed by atoms with Crippen LogP contribution in [0.25, 0.3) is 5.70 Å². The van der Waals surface area contributed by atoms with Crippen LogP contribution in [0.1, 0.15) is 35.3 Å². The third-order valence-electron chi connectivity index (χ3n) is 5.92. The van der Waals surface area contributed by atoms with Crippen LogP contribution < -0.4 is 26.8 Å². The normalized spacial score (nSPS) is 14.8. The third-order valence-corrected chi connectivity index (χ3v) is 7.69. The lowest BCUT2D eigenvalue weighted by atomic mass is 10.0. The summed E-state index contributed by atoms with van der Waals surface area (Å²) in [5, 5.41) is 0.196. The number of allylic oxidation sites excluding steroid dienone is 1. The van der Waals surface area contributed by atoms with Crippen LogP contribution in [-0.2, 0) is 6.42 Å². The van der Waals surface area contributed by atoms with E-state index in [1.54, 1.807) is 43.1 Å². The minimum atomic E-state index is -0.420. The molecule has 3 aromatic carbocycles. The van der Waals surface area contributed by atoms with Gasteiger partial charge in [0.2, 0.25) is 5.91 Å². The maximum absolute atomic E-state index is 10.5. The summed E-state index contributed by atoms with van der Waals surface area (Å²) in [4.78, 5) is 14.8. The molecule has 0 bridgehead atoms. The highest BCUT2D eigenvalue weighted by Gasteiger charge is 2.32. The standard InChI is InChI=1S/C21H27N3OS.C7H7NOS/c1-13(2)20(23)15-7-5-6-14(10-15)11-17(22)21-24(3)18-9-8-16(25-4)12-19(18)26-21;8-7(9)5-2-1-3-6(10)4-5/h5-10,12,17,21H,11,22-23H2,1-4H3;1-4,10H,(H2,8,9). The number of rotatable bonds is 6. The summed E-state index contributed by atoms with van der Waals surface area (Å²) in [6, 6.07) is 21.4. The van der Waals surface area contributed by atoms with Gasteiger partial charge >= 0.3 is 0 Å². The van der Waals surface area contributed by atoms with E-state index >= 15 is 0 Å². The van der Waals surface area contributed by atoms with E-state index in [-0.39, 0.29) is 11.4 Å². The fourth-order valence-electron chi connectivity index (χ4n) is 3.91. The molecule has 3 aromatic rings. The number of carbonyl (C=O) groups is 1. The molecule has 0 saturated carbocycles. The summed E-state index contributed by atoms with van der Waals surface area (Å²) in [6.07, 6.45) is 0.803. The minimum Gasteiger partial charge on any atom is -0.497 e. The zero-order valence-corrected chi connectivity index (χ0v) is 22.8. The fourth-order valence-corrected chi connectivity index (χ4v) is 5.46. The van der Waals surface area contributed by atoms with Gasteiger partial charge in [-0.15, -0.1) is 12.6 Å². The van der Waals surface area contributed by atoms with Crippen LogP contribution in [0.2, 0.25) is 0 Å². The van der Waals surface area contributed by atoms with Crippen molar-refractivity contribution in [1.29, 1.82) is 0 Å². The fraction of sp³-hybridized carbons (Fsp3) is 0.250. The first kappa shape index (κ1) is 27.5. The molecular formula is C28H34N4O2S2. The van der Waals surface area contributed by atoms with Gasteiger partial charge in [-0.05, 0) is 73.9 Å². The molecule has 2 atom stereocenters. The first-order chi connectivity index (χ1) is 17.1. The molecule has 1 heterocycles. The lowest BCUT2D eigenvalue weighted by Crippen LogP contribution is -2.43. The van der Waals surface area contributed by atoms with Crippen molar-refractivity contribution in [2.24, 2.45) is 17.2 Å². The van der Waals surface area contributed by atoms with Crippen molar-refractivity contribution in [2.75, 3.05) is 19.1 Å². The van der Waals surface area contributed by atoms with Gasteiger partial charge in [0.25, 0.3) is 0 Å². The Bertz CT molecular complexity index is 1260. The third kappa shape index (κ3) is 6.78. The Kier molecular flexibility index (Phi) is 9.37. The van der Waals surface area contributed by atoms with Crippen LogP contribution in [-0.4, -0.2) is 31.5 Å². The Hall–Kier alpha value is -3.07. The van der Waals surface area contributed by atoms with Gasteiger partial charge in [0.1, 0.15) is 5.75 Å². The molecule has 0 aromatic heterocycles. The Morgan fingerprint density at radius 3 is 2.36 bits per heavy atom. The maximum Gasteiger partial charge on any atom is 0.248 e. The van der Waals surface area contributed by atoms with Gasteiger partial charge in [-0.1, -0.05) is 41.6 Å². The number of carbonyl (C=O) groups excluding carboxylic acids is 1. The van der Waals surface area contributed by atoms with E-state index in [1.165, 1.54) is 16.1 Å². The Morgan fingerprint density at radius 1 is 1.06 bits per heavy atom. The van der Waals surface area contributed by atoms with E-state index in [2.05, 4.69) is 61.0 Å². The number of thioether (sulfide) groups is 1. The summed E-state index contributed by atoms with van der Waals surface area (Å²) in [5.41, 5.74) is 23.7. The largest absolute Gasteiger partial charge is 0.497 e. The predicted molar refractivity (Wildman–Crippen MR) is 154 cm³/mol. The lowest BCUT2D eigenvalue weighted by Gasteiger charge is -2.27. The van der Waals surface area contributed by atoms with Crippen molar-refractivity contribution in [2.45, 2.75) is 41.5 Å². The average molecular weight is 523 g/mol. The van der Waals surface area contributed by atoms with Crippen LogP contribution in [0.15, 0.2) is 82.1 Å². The molecule has 1 amide bonds. The molecule has 8 heteroatoms. The van der Waals surface area contributed by atoms with Gasteiger partial charge in [0.05, 0.1) is 18.2 Å². The summed E-state index contributed by atoms with van der Waals surface area (Å²) in [6.45, 7) is 4.06. The molecular weight excluding hydrogens is 488 g/mol. The van der Waals surface area contributed by atoms with Gasteiger partial charge in [0.15, 0.2) is 0 Å². The second-order valence-electron chi connectivity index (χ2n) is 8.85. The molecule has 0 aliphatic carbocycles. The molecule has 6 nitrogen and oxygen atoms in total. The van der Waals surface area contributed by atoms with E-state index in [0.717, 1.165) is 33.9 Å². The Labute approximate surface area is 223 Å². The number of primary amides is 1. The number of anilines is 1. The van der Waals surface area contributed by atoms with Crippen molar-refractivity contribution in [3.05, 3.63) is 89.0 Å². The van der Waals surface area contributed by atoms with Gasteiger partial charge in [-0.25, -0.2) is 0 Å². The first-order valence-corrected chi connectivity index (χ1v) is 12.9. The van der Waals surface area contributed by atoms with Gasteiger partial charge in [-0.2, -0.15) is 0 Å². The second-order valence-corrected chi connectivity index (χ2v) is 10.5.